The number of pyridine rings is 2. The molecule has 0 amide bonds. The highest BCUT2D eigenvalue weighted by Gasteiger charge is 2.02. The zero-order chi connectivity index (χ0) is 16.2. The van der Waals surface area contributed by atoms with E-state index in [0.29, 0.717) is 0 Å². The maximum atomic E-state index is 4.40. The minimum Gasteiger partial charge on any atom is -0.380 e. The summed E-state index contributed by atoms with van der Waals surface area (Å²) >= 11 is 0. The molecule has 0 aliphatic rings. The Labute approximate surface area is 141 Å². The highest BCUT2D eigenvalue weighted by Crippen LogP contribution is 2.23. The number of rotatable bonds is 4. The second-order valence-electron chi connectivity index (χ2n) is 5.67. The average Bonchev–Trinajstić information content (AvgIpc) is 2.67. The van der Waals surface area contributed by atoms with E-state index in [1.54, 1.807) is 6.20 Å². The molecule has 0 saturated heterocycles. The maximum absolute atomic E-state index is 4.40. The Bertz CT molecular complexity index is 959. The Kier molecular flexibility index (Phi) is 3.90. The van der Waals surface area contributed by atoms with Gasteiger partial charge >= 0.3 is 0 Å². The third-order valence-corrected chi connectivity index (χ3v) is 4.05. The molecule has 0 aliphatic carbocycles. The predicted molar refractivity (Wildman–Crippen MR) is 98.7 cm³/mol. The van der Waals surface area contributed by atoms with Gasteiger partial charge in [-0.2, -0.15) is 0 Å². The molecule has 3 heteroatoms. The van der Waals surface area contributed by atoms with Crippen molar-refractivity contribution >= 4 is 16.6 Å². The molecule has 0 bridgehead atoms. The molecule has 0 aliphatic heterocycles. The Morgan fingerprint density at radius 3 is 2.58 bits per heavy atom. The summed E-state index contributed by atoms with van der Waals surface area (Å²) in [5.74, 6) is 0. The van der Waals surface area contributed by atoms with Crippen LogP contribution in [0.15, 0.2) is 85.3 Å². The van der Waals surface area contributed by atoms with Gasteiger partial charge in [0.2, 0.25) is 0 Å². The van der Waals surface area contributed by atoms with Crippen LogP contribution in [-0.4, -0.2) is 9.97 Å². The molecule has 0 unspecified atom stereocenters. The first-order valence-corrected chi connectivity index (χ1v) is 7.97. The first-order chi connectivity index (χ1) is 11.9. The molecular formula is C21H17N3. The zero-order valence-corrected chi connectivity index (χ0v) is 13.2. The van der Waals surface area contributed by atoms with Gasteiger partial charge in [0.25, 0.3) is 0 Å². The molecule has 2 heterocycles. The fourth-order valence-electron chi connectivity index (χ4n) is 2.85. The average molecular weight is 311 g/mol. The van der Waals surface area contributed by atoms with Gasteiger partial charge in [-0.05, 0) is 53.1 Å². The van der Waals surface area contributed by atoms with Gasteiger partial charge in [-0.3, -0.25) is 9.97 Å². The van der Waals surface area contributed by atoms with Crippen molar-refractivity contribution in [3.05, 3.63) is 90.9 Å². The summed E-state index contributed by atoms with van der Waals surface area (Å²) in [6, 6.07) is 22.8. The highest BCUT2D eigenvalue weighted by atomic mass is 14.9. The first-order valence-electron chi connectivity index (χ1n) is 7.97. The molecule has 0 spiro atoms. The molecule has 0 fully saturated rings. The van der Waals surface area contributed by atoms with Crippen LogP contribution in [0.2, 0.25) is 0 Å². The minimum absolute atomic E-state index is 0.766. The van der Waals surface area contributed by atoms with Crippen molar-refractivity contribution in [2.75, 3.05) is 5.32 Å². The Morgan fingerprint density at radius 2 is 1.67 bits per heavy atom. The van der Waals surface area contributed by atoms with Crippen LogP contribution in [0.4, 0.5) is 5.69 Å². The van der Waals surface area contributed by atoms with Gasteiger partial charge in [-0.15, -0.1) is 0 Å². The summed E-state index contributed by atoms with van der Waals surface area (Å²) in [6.07, 6.45) is 5.51. The largest absolute Gasteiger partial charge is 0.380 e. The maximum Gasteiger partial charge on any atom is 0.0722 e. The van der Waals surface area contributed by atoms with Gasteiger partial charge in [0.1, 0.15) is 0 Å². The number of hydrogen-bond acceptors (Lipinski definition) is 3. The van der Waals surface area contributed by atoms with Crippen LogP contribution in [0, 0.1) is 0 Å². The molecule has 3 nitrogen and oxygen atoms in total. The van der Waals surface area contributed by atoms with E-state index in [-0.39, 0.29) is 0 Å². The van der Waals surface area contributed by atoms with Crippen LogP contribution in [0.25, 0.3) is 22.0 Å². The fourth-order valence-corrected chi connectivity index (χ4v) is 2.85. The van der Waals surface area contributed by atoms with Gasteiger partial charge in [-0.1, -0.05) is 30.3 Å². The lowest BCUT2D eigenvalue weighted by Gasteiger charge is -2.10. The summed E-state index contributed by atoms with van der Waals surface area (Å²) in [5, 5.41) is 4.67. The lowest BCUT2D eigenvalue weighted by Crippen LogP contribution is -2.00. The van der Waals surface area contributed by atoms with Crippen molar-refractivity contribution in [1.29, 1.82) is 0 Å². The standard InChI is InChI=1S/C21H17N3/c1-5-16(13-17(6-1)18-7-3-11-22-15-18)14-24-21-10-2-9-20-19(21)8-4-12-23-20/h1-13,15,24H,14H2. The van der Waals surface area contributed by atoms with Crippen LogP contribution in [0.5, 0.6) is 0 Å². The Balaban J connectivity index is 1.58. The van der Waals surface area contributed by atoms with Crippen molar-refractivity contribution in [3.63, 3.8) is 0 Å². The summed E-state index contributed by atoms with van der Waals surface area (Å²) < 4.78 is 0. The second kappa shape index (κ2) is 6.50. The summed E-state index contributed by atoms with van der Waals surface area (Å²) in [7, 11) is 0. The Morgan fingerprint density at radius 1 is 0.792 bits per heavy atom. The number of fused-ring (bicyclic) bond motifs is 1. The van der Waals surface area contributed by atoms with Crippen LogP contribution in [-0.2, 0) is 6.54 Å². The topological polar surface area (TPSA) is 37.8 Å². The van der Waals surface area contributed by atoms with Crippen LogP contribution in [0.1, 0.15) is 5.56 Å². The van der Waals surface area contributed by atoms with Crippen LogP contribution in [0.3, 0.4) is 0 Å². The van der Waals surface area contributed by atoms with Gasteiger partial charge < -0.3 is 5.32 Å². The number of benzene rings is 2. The molecule has 1 N–H and O–H groups in total. The molecule has 2 aromatic heterocycles. The highest BCUT2D eigenvalue weighted by molar-refractivity contribution is 5.91. The van der Waals surface area contributed by atoms with Crippen molar-refractivity contribution in [2.45, 2.75) is 6.54 Å². The molecule has 0 radical (unpaired) electrons. The van der Waals surface area contributed by atoms with Crippen LogP contribution < -0.4 is 5.32 Å². The van der Waals surface area contributed by atoms with E-state index in [1.165, 1.54) is 11.1 Å². The monoisotopic (exact) mass is 311 g/mol. The summed E-state index contributed by atoms with van der Waals surface area (Å²) in [6.45, 7) is 0.766. The smallest absolute Gasteiger partial charge is 0.0722 e. The molecule has 0 atom stereocenters. The van der Waals surface area contributed by atoms with E-state index in [9.17, 15) is 0 Å². The lowest BCUT2D eigenvalue weighted by atomic mass is 10.0. The van der Waals surface area contributed by atoms with Crippen molar-refractivity contribution in [3.8, 4) is 11.1 Å². The van der Waals surface area contributed by atoms with E-state index in [4.69, 9.17) is 0 Å². The van der Waals surface area contributed by atoms with Crippen LogP contribution >= 0.6 is 0 Å². The van der Waals surface area contributed by atoms with Crippen molar-refractivity contribution in [1.82, 2.24) is 9.97 Å². The summed E-state index contributed by atoms with van der Waals surface area (Å²) in [5.41, 5.74) is 5.66. The lowest BCUT2D eigenvalue weighted by molar-refractivity contribution is 1.15. The first kappa shape index (κ1) is 14.4. The number of nitrogens with zero attached hydrogens (tertiary/aromatic N) is 2. The summed E-state index contributed by atoms with van der Waals surface area (Å²) in [4.78, 5) is 8.60. The number of anilines is 1. The third-order valence-electron chi connectivity index (χ3n) is 4.05. The molecule has 24 heavy (non-hydrogen) atoms. The van der Waals surface area contributed by atoms with E-state index < -0.39 is 0 Å². The predicted octanol–water partition coefficient (Wildman–Crippen LogP) is 4.91. The van der Waals surface area contributed by atoms with Gasteiger partial charge in [0.05, 0.1) is 5.52 Å². The third kappa shape index (κ3) is 2.97. The van der Waals surface area contributed by atoms with E-state index >= 15 is 0 Å². The molecule has 116 valence electrons. The number of aromatic nitrogens is 2. The van der Waals surface area contributed by atoms with Crippen molar-refractivity contribution < 1.29 is 0 Å². The van der Waals surface area contributed by atoms with Crippen molar-refractivity contribution in [2.24, 2.45) is 0 Å². The number of hydrogen-bond donors (Lipinski definition) is 1. The van der Waals surface area contributed by atoms with Gasteiger partial charge in [0.15, 0.2) is 0 Å². The number of nitrogens with one attached hydrogen (secondary N) is 1. The normalized spacial score (nSPS) is 10.7. The molecule has 2 aromatic carbocycles. The SMILES string of the molecule is c1cncc(-c2cccc(CNc3cccc4ncccc34)c2)c1. The van der Waals surface area contributed by atoms with Gasteiger partial charge in [-0.25, -0.2) is 0 Å². The second-order valence-corrected chi connectivity index (χ2v) is 5.67. The van der Waals surface area contributed by atoms with E-state index in [0.717, 1.165) is 28.7 Å². The van der Waals surface area contributed by atoms with E-state index in [2.05, 4.69) is 57.7 Å². The minimum atomic E-state index is 0.766. The van der Waals surface area contributed by atoms with E-state index in [1.807, 2.05) is 36.7 Å². The molecule has 4 rings (SSSR count). The quantitative estimate of drug-likeness (QED) is 0.582. The molecular weight excluding hydrogens is 294 g/mol. The fraction of sp³-hybridized carbons (Fsp3) is 0.0476. The molecule has 0 saturated carbocycles. The Hall–Kier alpha value is -3.20. The zero-order valence-electron chi connectivity index (χ0n) is 13.2. The molecule has 4 aromatic rings. The van der Waals surface area contributed by atoms with Gasteiger partial charge in [0, 0.05) is 36.2 Å².